The lowest BCUT2D eigenvalue weighted by Gasteiger charge is -2.01. The molecule has 15 heavy (non-hydrogen) atoms. The highest BCUT2D eigenvalue weighted by Gasteiger charge is 1.97. The van der Waals surface area contributed by atoms with Gasteiger partial charge in [0.25, 0.3) is 0 Å². The molecular formula is C12H16N2O. The molecule has 1 aromatic heterocycles. The summed E-state index contributed by atoms with van der Waals surface area (Å²) >= 11 is 0. The lowest BCUT2D eigenvalue weighted by molar-refractivity contribution is 0.397. The highest BCUT2D eigenvalue weighted by Crippen LogP contribution is 2.11. The molecule has 1 rings (SSSR count). The molecule has 0 spiro atoms. The van der Waals surface area contributed by atoms with Crippen molar-refractivity contribution in [2.45, 2.75) is 13.3 Å². The topological polar surface area (TPSA) is 34.2 Å². The van der Waals surface area contributed by atoms with E-state index >= 15 is 0 Å². The van der Waals surface area contributed by atoms with Crippen molar-refractivity contribution in [1.82, 2.24) is 10.3 Å². The molecule has 0 amide bonds. The van der Waals surface area contributed by atoms with Gasteiger partial charge >= 0.3 is 0 Å². The van der Waals surface area contributed by atoms with E-state index in [4.69, 9.17) is 4.74 Å². The summed E-state index contributed by atoms with van der Waals surface area (Å²) in [5, 5.41) is 3.05. The smallest absolute Gasteiger partial charge is 0.213 e. The fraction of sp³-hybridized carbons (Fsp3) is 0.417. The molecule has 0 unspecified atom stereocenters. The molecule has 0 bridgehead atoms. The van der Waals surface area contributed by atoms with Gasteiger partial charge in [-0.25, -0.2) is 4.98 Å². The number of hydrogen-bond donors (Lipinski definition) is 1. The molecule has 0 saturated heterocycles. The zero-order valence-corrected chi connectivity index (χ0v) is 9.42. The van der Waals surface area contributed by atoms with Crippen LogP contribution in [0.1, 0.15) is 17.5 Å². The molecule has 0 aliphatic heterocycles. The van der Waals surface area contributed by atoms with E-state index in [0.717, 1.165) is 24.1 Å². The first-order valence-electron chi connectivity index (χ1n) is 4.92. The summed E-state index contributed by atoms with van der Waals surface area (Å²) in [6, 6.07) is 1.89. The highest BCUT2D eigenvalue weighted by molar-refractivity contribution is 5.40. The molecule has 0 aromatic carbocycles. The lowest BCUT2D eigenvalue weighted by atomic mass is 10.1. The van der Waals surface area contributed by atoms with Gasteiger partial charge in [-0.15, -0.1) is 0 Å². The Morgan fingerprint density at radius 3 is 2.93 bits per heavy atom. The molecule has 80 valence electrons. The quantitative estimate of drug-likeness (QED) is 0.596. The average Bonchev–Trinajstić information content (AvgIpc) is 2.26. The molecule has 0 atom stereocenters. The number of aromatic nitrogens is 1. The van der Waals surface area contributed by atoms with E-state index < -0.39 is 0 Å². The first kappa shape index (κ1) is 11.5. The van der Waals surface area contributed by atoms with E-state index in [-0.39, 0.29) is 0 Å². The minimum Gasteiger partial charge on any atom is -0.481 e. The molecule has 0 fully saturated rings. The van der Waals surface area contributed by atoms with Crippen molar-refractivity contribution in [3.05, 3.63) is 23.4 Å². The van der Waals surface area contributed by atoms with Crippen LogP contribution in [0.15, 0.2) is 12.3 Å². The van der Waals surface area contributed by atoms with Crippen LogP contribution >= 0.6 is 0 Å². The second-order valence-electron chi connectivity index (χ2n) is 3.20. The third kappa shape index (κ3) is 3.61. The maximum atomic E-state index is 5.02. The van der Waals surface area contributed by atoms with E-state index in [0.29, 0.717) is 5.88 Å². The van der Waals surface area contributed by atoms with Crippen LogP contribution < -0.4 is 10.1 Å². The van der Waals surface area contributed by atoms with Gasteiger partial charge in [-0.1, -0.05) is 11.8 Å². The maximum absolute atomic E-state index is 5.02. The molecule has 1 N–H and O–H groups in total. The van der Waals surface area contributed by atoms with E-state index in [1.165, 1.54) is 0 Å². The molecule has 1 aromatic rings. The van der Waals surface area contributed by atoms with Crippen molar-refractivity contribution in [1.29, 1.82) is 0 Å². The predicted octanol–water partition coefficient (Wildman–Crippen LogP) is 1.36. The predicted molar refractivity (Wildman–Crippen MR) is 60.9 cm³/mol. The van der Waals surface area contributed by atoms with Crippen molar-refractivity contribution in [2.75, 3.05) is 20.7 Å². The Balaban J connectivity index is 2.72. The Morgan fingerprint density at radius 1 is 1.53 bits per heavy atom. The van der Waals surface area contributed by atoms with Crippen LogP contribution in [0, 0.1) is 18.8 Å². The highest BCUT2D eigenvalue weighted by atomic mass is 16.5. The van der Waals surface area contributed by atoms with Crippen molar-refractivity contribution < 1.29 is 4.74 Å². The van der Waals surface area contributed by atoms with Gasteiger partial charge in [-0.05, 0) is 19.5 Å². The van der Waals surface area contributed by atoms with Crippen molar-refractivity contribution >= 4 is 0 Å². The second-order valence-corrected chi connectivity index (χ2v) is 3.20. The molecule has 0 aliphatic carbocycles. The number of methoxy groups -OCH3 is 1. The third-order valence-electron chi connectivity index (χ3n) is 2.02. The molecule has 0 radical (unpaired) electrons. The van der Waals surface area contributed by atoms with Crippen molar-refractivity contribution in [3.8, 4) is 17.7 Å². The minimum absolute atomic E-state index is 0.633. The van der Waals surface area contributed by atoms with E-state index in [9.17, 15) is 0 Å². The first-order valence-corrected chi connectivity index (χ1v) is 4.92. The van der Waals surface area contributed by atoms with E-state index in [2.05, 4.69) is 22.1 Å². The standard InChI is InChI=1S/C12H16N2O/c1-10-8-12(15-3)14-9-11(10)6-4-5-7-13-2/h8-9,13H,5,7H2,1-3H3. The maximum Gasteiger partial charge on any atom is 0.213 e. The number of ether oxygens (including phenoxy) is 1. The number of nitrogens with zero attached hydrogens (tertiary/aromatic N) is 1. The van der Waals surface area contributed by atoms with Crippen LogP contribution in [0.3, 0.4) is 0 Å². The lowest BCUT2D eigenvalue weighted by Crippen LogP contribution is -2.05. The van der Waals surface area contributed by atoms with Gasteiger partial charge in [0.2, 0.25) is 5.88 Å². The van der Waals surface area contributed by atoms with Gasteiger partial charge in [0.05, 0.1) is 7.11 Å². The summed E-state index contributed by atoms with van der Waals surface area (Å²) in [5.41, 5.74) is 2.06. The van der Waals surface area contributed by atoms with Crippen LogP contribution in [0.5, 0.6) is 5.88 Å². The number of pyridine rings is 1. The Morgan fingerprint density at radius 2 is 2.33 bits per heavy atom. The van der Waals surface area contributed by atoms with Gasteiger partial charge in [-0.3, -0.25) is 0 Å². The Labute approximate surface area is 90.9 Å². The Bertz CT molecular complexity index is 377. The third-order valence-corrected chi connectivity index (χ3v) is 2.02. The van der Waals surface area contributed by atoms with Crippen LogP contribution in [-0.4, -0.2) is 25.7 Å². The number of aryl methyl sites for hydroxylation is 1. The summed E-state index contributed by atoms with van der Waals surface area (Å²) in [6.07, 6.45) is 2.60. The number of hydrogen-bond acceptors (Lipinski definition) is 3. The van der Waals surface area contributed by atoms with Gasteiger partial charge in [0, 0.05) is 30.8 Å². The summed E-state index contributed by atoms with van der Waals surface area (Å²) < 4.78 is 5.02. The van der Waals surface area contributed by atoms with Crippen LogP contribution in [-0.2, 0) is 0 Å². The second kappa shape index (κ2) is 6.05. The Kier molecular flexibility index (Phi) is 4.65. The normalized spacial score (nSPS) is 9.27. The summed E-state index contributed by atoms with van der Waals surface area (Å²) in [4.78, 5) is 4.12. The average molecular weight is 204 g/mol. The van der Waals surface area contributed by atoms with E-state index in [1.54, 1.807) is 13.3 Å². The fourth-order valence-electron chi connectivity index (χ4n) is 1.12. The van der Waals surface area contributed by atoms with Gasteiger partial charge < -0.3 is 10.1 Å². The van der Waals surface area contributed by atoms with Crippen LogP contribution in [0.25, 0.3) is 0 Å². The molecule has 0 saturated carbocycles. The summed E-state index contributed by atoms with van der Waals surface area (Å²) in [5.74, 6) is 6.81. The Hall–Kier alpha value is -1.53. The molecule has 0 aliphatic rings. The monoisotopic (exact) mass is 204 g/mol. The van der Waals surface area contributed by atoms with Crippen molar-refractivity contribution in [2.24, 2.45) is 0 Å². The molecule has 3 nitrogen and oxygen atoms in total. The number of nitrogens with one attached hydrogen (secondary N) is 1. The van der Waals surface area contributed by atoms with Gasteiger partial charge in [-0.2, -0.15) is 0 Å². The molecule has 1 heterocycles. The van der Waals surface area contributed by atoms with Gasteiger partial charge in [0.1, 0.15) is 0 Å². The fourth-order valence-corrected chi connectivity index (χ4v) is 1.12. The summed E-state index contributed by atoms with van der Waals surface area (Å²) in [6.45, 7) is 2.92. The number of rotatable bonds is 3. The zero-order valence-electron chi connectivity index (χ0n) is 9.42. The SMILES string of the molecule is CNCCC#Cc1cnc(OC)cc1C. The molecule has 3 heteroatoms. The summed E-state index contributed by atoms with van der Waals surface area (Å²) in [7, 11) is 3.53. The largest absolute Gasteiger partial charge is 0.481 e. The van der Waals surface area contributed by atoms with Crippen LogP contribution in [0.4, 0.5) is 0 Å². The minimum atomic E-state index is 0.633. The van der Waals surface area contributed by atoms with Crippen LogP contribution in [0.2, 0.25) is 0 Å². The molecular weight excluding hydrogens is 188 g/mol. The van der Waals surface area contributed by atoms with E-state index in [1.807, 2.05) is 20.0 Å². The zero-order chi connectivity index (χ0) is 11.1. The first-order chi connectivity index (χ1) is 7.27. The van der Waals surface area contributed by atoms with Gasteiger partial charge in [0.15, 0.2) is 0 Å². The van der Waals surface area contributed by atoms with Crippen molar-refractivity contribution in [3.63, 3.8) is 0 Å².